The molecule has 0 bridgehead atoms. The van der Waals surface area contributed by atoms with E-state index in [2.05, 4.69) is 0 Å². The first-order chi connectivity index (χ1) is 1.73. The molecule has 0 aliphatic carbocycles. The molecular weight excluding hydrogens is 253 g/mol. The standard InChI is InChI=1S/Ba.ClO3.2H2O/c;2-1(3)4;;/h;;2*1H2/q+2;-1;;. The first kappa shape index (κ1) is 23.4. The van der Waals surface area contributed by atoms with Crippen molar-refractivity contribution in [1.29, 1.82) is 0 Å². The molecule has 0 amide bonds. The van der Waals surface area contributed by atoms with Crippen LogP contribution in [0, 0.1) is 10.8 Å². The van der Waals surface area contributed by atoms with Crippen molar-refractivity contribution in [1.82, 2.24) is 0 Å². The molecule has 0 atom stereocenters. The summed E-state index contributed by atoms with van der Waals surface area (Å²) >= 11 is 0. The number of rotatable bonds is 0. The fraction of sp³-hybridized carbons (Fsp3) is 0. The third-order valence-electron chi connectivity index (χ3n) is 0. The molecule has 0 fully saturated rings. The average Bonchev–Trinajstić information content (AvgIpc) is 0.811. The third kappa shape index (κ3) is 89.0. The van der Waals surface area contributed by atoms with Crippen LogP contribution >= 0.6 is 0 Å². The zero-order chi connectivity index (χ0) is 3.58. The van der Waals surface area contributed by atoms with Crippen LogP contribution in [0.2, 0.25) is 0 Å². The summed E-state index contributed by atoms with van der Waals surface area (Å²) in [6, 6.07) is 0. The Morgan fingerprint density at radius 3 is 0.857 bits per heavy atom. The topological polar surface area (TPSA) is 132 Å². The van der Waals surface area contributed by atoms with Crippen LogP contribution < -0.4 is 14.0 Å². The van der Waals surface area contributed by atoms with Crippen LogP contribution in [0.1, 0.15) is 0 Å². The van der Waals surface area contributed by atoms with Crippen LogP contribution in [0.3, 0.4) is 0 Å². The van der Waals surface area contributed by atoms with Gasteiger partial charge in [0.15, 0.2) is 0 Å². The van der Waals surface area contributed by atoms with Crippen molar-refractivity contribution < 1.29 is 35.7 Å². The Balaban J connectivity index is -0.0000000150. The normalized spacial score (nSPS) is 5.14. The van der Waals surface area contributed by atoms with Crippen molar-refractivity contribution in [3.8, 4) is 0 Å². The molecule has 0 heterocycles. The molecule has 0 aliphatic rings. The molecule has 0 unspecified atom stereocenters. The first-order valence-electron chi connectivity index (χ1n) is 0.463. The van der Waals surface area contributed by atoms with Gasteiger partial charge in [-0.3, -0.25) is 0 Å². The summed E-state index contributed by atoms with van der Waals surface area (Å²) in [5, 5.41) is 0. The Labute approximate surface area is 83.4 Å². The van der Waals surface area contributed by atoms with Gasteiger partial charge >= 0.3 is 48.9 Å². The van der Waals surface area contributed by atoms with Gasteiger partial charge in [0, 0.05) is 0 Å². The first-order valence-corrected chi connectivity index (χ1v) is 1.39. The molecule has 0 spiro atoms. The number of halogens is 1. The van der Waals surface area contributed by atoms with E-state index in [1.165, 1.54) is 0 Å². The van der Waals surface area contributed by atoms with Crippen LogP contribution in [-0.2, 0) is 0 Å². The quantitative estimate of drug-likeness (QED) is 0.400. The molecule has 0 saturated heterocycles. The minimum atomic E-state index is -2.85. The van der Waals surface area contributed by atoms with Gasteiger partial charge in [-0.1, -0.05) is 0 Å². The van der Waals surface area contributed by atoms with E-state index in [0.717, 1.165) is 0 Å². The molecule has 5 nitrogen and oxygen atoms in total. The molecule has 0 aromatic carbocycles. The van der Waals surface area contributed by atoms with Crippen molar-refractivity contribution in [2.24, 2.45) is 0 Å². The second-order valence-electron chi connectivity index (χ2n) is 0.189. The van der Waals surface area contributed by atoms with E-state index in [1.54, 1.807) is 0 Å². The Hall–Kier alpha value is 1.66. The summed E-state index contributed by atoms with van der Waals surface area (Å²) < 4.78 is 25.2. The monoisotopic (exact) mass is 257 g/mol. The minimum Gasteiger partial charge on any atom is -0.412 e. The van der Waals surface area contributed by atoms with Crippen LogP contribution in [0.15, 0.2) is 0 Å². The smallest absolute Gasteiger partial charge is 0.412 e. The molecule has 0 aliphatic heterocycles. The summed E-state index contributed by atoms with van der Waals surface area (Å²) in [5.74, 6) is 0. The molecule has 0 radical (unpaired) electrons. The second-order valence-corrected chi connectivity index (χ2v) is 0.567. The predicted octanol–water partition coefficient (Wildman–Crippen LogP) is -5.60. The molecule has 0 rings (SSSR count). The molecule has 7 heteroatoms. The van der Waals surface area contributed by atoms with Crippen molar-refractivity contribution in [3.05, 3.63) is 0 Å². The van der Waals surface area contributed by atoms with Gasteiger partial charge in [-0.25, -0.2) is 0 Å². The predicted molar refractivity (Wildman–Crippen MR) is 13.0 cm³/mol. The van der Waals surface area contributed by atoms with E-state index < -0.39 is 10.8 Å². The van der Waals surface area contributed by atoms with Crippen LogP contribution in [0.25, 0.3) is 0 Å². The van der Waals surface area contributed by atoms with E-state index in [9.17, 15) is 0 Å². The minimum absolute atomic E-state index is 0. The maximum absolute atomic E-state index is 8.41. The van der Waals surface area contributed by atoms with Gasteiger partial charge < -0.3 is 24.9 Å². The summed E-state index contributed by atoms with van der Waals surface area (Å²) in [4.78, 5) is 0. The molecule has 42 valence electrons. The summed E-state index contributed by atoms with van der Waals surface area (Å²) in [7, 11) is -2.85. The van der Waals surface area contributed by atoms with E-state index in [4.69, 9.17) is 14.0 Å². The van der Waals surface area contributed by atoms with Gasteiger partial charge in [-0.15, -0.1) is 0 Å². The maximum atomic E-state index is 8.41. The van der Waals surface area contributed by atoms with Gasteiger partial charge in [-0.2, -0.15) is 0 Å². The Kier molecular flexibility index (Phi) is 52.3. The molecular formula is H4BaClO5+. The molecule has 7 heavy (non-hydrogen) atoms. The number of hydrogen-bond donors (Lipinski definition) is 0. The van der Waals surface area contributed by atoms with E-state index >= 15 is 0 Å². The third-order valence-corrected chi connectivity index (χ3v) is 0. The van der Waals surface area contributed by atoms with Crippen molar-refractivity contribution in [2.45, 2.75) is 0 Å². The zero-order valence-electron chi connectivity index (χ0n) is 3.31. The molecule has 0 saturated carbocycles. The van der Waals surface area contributed by atoms with Gasteiger partial charge in [-0.05, 0) is 0 Å². The Morgan fingerprint density at radius 2 is 0.857 bits per heavy atom. The van der Waals surface area contributed by atoms with Gasteiger partial charge in [0.2, 0.25) is 0 Å². The summed E-state index contributed by atoms with van der Waals surface area (Å²) in [6.07, 6.45) is 0. The van der Waals surface area contributed by atoms with E-state index in [0.29, 0.717) is 0 Å². The zero-order valence-corrected chi connectivity index (χ0v) is 8.51. The average molecular weight is 257 g/mol. The summed E-state index contributed by atoms with van der Waals surface area (Å²) in [5.41, 5.74) is 0. The number of hydrogen-bond acceptors (Lipinski definition) is 3. The van der Waals surface area contributed by atoms with Gasteiger partial charge in [0.05, 0.1) is 10.8 Å². The SMILES string of the molecule is O.O.[Ba+2].[O-][Cl+2]([O-])[O-]. The van der Waals surface area contributed by atoms with E-state index in [1.807, 2.05) is 0 Å². The Morgan fingerprint density at radius 1 is 0.857 bits per heavy atom. The van der Waals surface area contributed by atoms with Crippen molar-refractivity contribution >= 4 is 48.9 Å². The fourth-order valence-electron chi connectivity index (χ4n) is 0. The van der Waals surface area contributed by atoms with Crippen molar-refractivity contribution in [2.75, 3.05) is 0 Å². The Bertz CT molecular complexity index is 12.8. The molecule has 4 N–H and O–H groups in total. The van der Waals surface area contributed by atoms with E-state index in [-0.39, 0.29) is 59.8 Å². The molecule has 0 aromatic heterocycles. The van der Waals surface area contributed by atoms with Gasteiger partial charge in [0.1, 0.15) is 0 Å². The largest absolute Gasteiger partial charge is 2.00 e. The van der Waals surface area contributed by atoms with Crippen molar-refractivity contribution in [3.63, 3.8) is 0 Å². The van der Waals surface area contributed by atoms with Crippen LogP contribution in [0.4, 0.5) is 0 Å². The molecule has 0 aromatic rings. The summed E-state index contributed by atoms with van der Waals surface area (Å²) in [6.45, 7) is 0. The van der Waals surface area contributed by atoms with Crippen LogP contribution in [0.5, 0.6) is 0 Å². The second kappa shape index (κ2) is 15.6. The fourth-order valence-corrected chi connectivity index (χ4v) is 0. The van der Waals surface area contributed by atoms with Gasteiger partial charge in [0.25, 0.3) is 0 Å². The maximum Gasteiger partial charge on any atom is 2.00 e. The van der Waals surface area contributed by atoms with Crippen LogP contribution in [-0.4, -0.2) is 59.8 Å².